The summed E-state index contributed by atoms with van der Waals surface area (Å²) in [7, 11) is 7.42. The van der Waals surface area contributed by atoms with Gasteiger partial charge in [0.1, 0.15) is 0 Å². The fraction of sp³-hybridized carbons (Fsp3) is 0.647. The zero-order valence-corrected chi connectivity index (χ0v) is 15.2. The Bertz CT molecular complexity index is 511. The minimum absolute atomic E-state index is 0.506. The van der Waals surface area contributed by atoms with Gasteiger partial charge in [0.15, 0.2) is 11.5 Å². The van der Waals surface area contributed by atoms with Crippen LogP contribution in [0, 0.1) is 5.92 Å². The first-order valence-electron chi connectivity index (χ1n) is 7.89. The summed E-state index contributed by atoms with van der Waals surface area (Å²) in [6.07, 6.45) is 0. The molecule has 1 saturated heterocycles. The lowest BCUT2D eigenvalue weighted by molar-refractivity contribution is 0.112. The molecule has 0 N–H and O–H groups in total. The van der Waals surface area contributed by atoms with E-state index in [-0.39, 0.29) is 0 Å². The van der Waals surface area contributed by atoms with E-state index in [1.165, 1.54) is 0 Å². The van der Waals surface area contributed by atoms with Gasteiger partial charge in [0, 0.05) is 32.1 Å². The van der Waals surface area contributed by atoms with Gasteiger partial charge < -0.3 is 19.1 Å². The number of ether oxygens (including phenoxy) is 3. The molecule has 0 radical (unpaired) electrons. The molecule has 0 spiro atoms. The Morgan fingerprint density at radius 1 is 1.30 bits per heavy atom. The largest absolute Gasteiger partial charge is 0.493 e. The van der Waals surface area contributed by atoms with Gasteiger partial charge in [-0.3, -0.25) is 4.90 Å². The van der Waals surface area contributed by atoms with Crippen LogP contribution in [0.1, 0.15) is 5.56 Å². The quantitative estimate of drug-likeness (QED) is 0.793. The molecule has 1 aliphatic heterocycles. The molecule has 23 heavy (non-hydrogen) atoms. The second kappa shape index (κ2) is 8.73. The van der Waals surface area contributed by atoms with Gasteiger partial charge in [0.2, 0.25) is 0 Å². The van der Waals surface area contributed by atoms with Crippen molar-refractivity contribution >= 4 is 11.6 Å². The first kappa shape index (κ1) is 18.3. The van der Waals surface area contributed by atoms with Crippen molar-refractivity contribution in [2.45, 2.75) is 6.54 Å². The summed E-state index contributed by atoms with van der Waals surface area (Å²) in [6, 6.07) is 3.92. The topological polar surface area (TPSA) is 34.2 Å². The Morgan fingerprint density at radius 2 is 2.09 bits per heavy atom. The van der Waals surface area contributed by atoms with Crippen molar-refractivity contribution in [2.24, 2.45) is 5.92 Å². The van der Waals surface area contributed by atoms with E-state index in [1.54, 1.807) is 14.2 Å². The first-order valence-corrected chi connectivity index (χ1v) is 8.27. The van der Waals surface area contributed by atoms with Gasteiger partial charge in [-0.25, -0.2) is 0 Å². The Morgan fingerprint density at radius 3 is 2.74 bits per heavy atom. The number of methoxy groups -OCH3 is 2. The van der Waals surface area contributed by atoms with Crippen LogP contribution in [0.25, 0.3) is 0 Å². The van der Waals surface area contributed by atoms with E-state index in [0.29, 0.717) is 22.4 Å². The lowest BCUT2D eigenvalue weighted by Gasteiger charge is -2.26. The molecule has 130 valence electrons. The Balaban J connectivity index is 2.11. The summed E-state index contributed by atoms with van der Waals surface area (Å²) < 4.78 is 16.4. The maximum Gasteiger partial charge on any atom is 0.179 e. The smallest absolute Gasteiger partial charge is 0.179 e. The minimum atomic E-state index is 0.506. The normalized spacial score (nSPS) is 19.7. The van der Waals surface area contributed by atoms with Crippen LogP contribution in [-0.2, 0) is 11.3 Å². The highest BCUT2D eigenvalue weighted by Gasteiger charge is 2.21. The van der Waals surface area contributed by atoms with E-state index >= 15 is 0 Å². The predicted molar refractivity (Wildman–Crippen MR) is 92.7 cm³/mol. The Hall–Kier alpha value is -1.01. The van der Waals surface area contributed by atoms with Crippen LogP contribution in [0.3, 0.4) is 0 Å². The van der Waals surface area contributed by atoms with Crippen molar-refractivity contribution in [2.75, 3.05) is 61.2 Å². The molecular weight excluding hydrogens is 316 g/mol. The number of hydrogen-bond donors (Lipinski definition) is 0. The highest BCUT2D eigenvalue weighted by molar-refractivity contribution is 6.33. The van der Waals surface area contributed by atoms with E-state index in [0.717, 1.165) is 45.0 Å². The summed E-state index contributed by atoms with van der Waals surface area (Å²) >= 11 is 6.50. The van der Waals surface area contributed by atoms with Gasteiger partial charge in [-0.05, 0) is 25.7 Å². The van der Waals surface area contributed by atoms with E-state index in [2.05, 4.69) is 23.9 Å². The molecule has 0 amide bonds. The maximum atomic E-state index is 6.50. The standard InChI is InChI=1S/C17H27ClN2O3/c1-19(2)9-13-10-20(7-8-23-12-13)11-14-5-6-15(21-3)17(22-4)16(14)18/h5-6,13H,7-12H2,1-4H3. The van der Waals surface area contributed by atoms with Crippen molar-refractivity contribution in [3.63, 3.8) is 0 Å². The number of rotatable bonds is 6. The number of nitrogens with zero attached hydrogens (tertiary/aromatic N) is 2. The van der Waals surface area contributed by atoms with Gasteiger partial charge in [-0.1, -0.05) is 17.7 Å². The molecule has 0 bridgehead atoms. The van der Waals surface area contributed by atoms with Gasteiger partial charge in [-0.2, -0.15) is 0 Å². The molecule has 0 saturated carbocycles. The minimum Gasteiger partial charge on any atom is -0.493 e. The van der Waals surface area contributed by atoms with Gasteiger partial charge in [0.05, 0.1) is 32.5 Å². The van der Waals surface area contributed by atoms with Crippen LogP contribution < -0.4 is 9.47 Å². The molecule has 2 rings (SSSR count). The van der Waals surface area contributed by atoms with Crippen molar-refractivity contribution in [1.82, 2.24) is 9.80 Å². The number of benzene rings is 1. The molecule has 1 aliphatic rings. The fourth-order valence-electron chi connectivity index (χ4n) is 3.02. The molecule has 1 unspecified atom stereocenters. The average Bonchev–Trinajstić information content (AvgIpc) is 2.73. The zero-order chi connectivity index (χ0) is 16.8. The third-order valence-corrected chi connectivity index (χ3v) is 4.42. The van der Waals surface area contributed by atoms with Crippen molar-refractivity contribution in [3.8, 4) is 11.5 Å². The molecule has 0 aromatic heterocycles. The number of halogens is 1. The van der Waals surface area contributed by atoms with Crippen LogP contribution in [-0.4, -0.2) is 71.0 Å². The molecule has 0 aliphatic carbocycles. The van der Waals surface area contributed by atoms with E-state index < -0.39 is 0 Å². The molecule has 1 fully saturated rings. The summed E-state index contributed by atoms with van der Waals surface area (Å²) in [5, 5.41) is 0.626. The van der Waals surface area contributed by atoms with Crippen LogP contribution >= 0.6 is 11.6 Å². The van der Waals surface area contributed by atoms with Crippen LogP contribution in [0.4, 0.5) is 0 Å². The second-order valence-corrected chi connectivity index (χ2v) is 6.59. The van der Waals surface area contributed by atoms with E-state index in [1.807, 2.05) is 12.1 Å². The zero-order valence-electron chi connectivity index (χ0n) is 14.5. The predicted octanol–water partition coefficient (Wildman–Crippen LogP) is 2.37. The highest BCUT2D eigenvalue weighted by Crippen LogP contribution is 2.37. The summed E-state index contributed by atoms with van der Waals surface area (Å²) in [4.78, 5) is 4.61. The molecule has 1 atom stereocenters. The summed E-state index contributed by atoms with van der Waals surface area (Å²) in [6.45, 7) is 5.29. The van der Waals surface area contributed by atoms with Crippen LogP contribution in [0.2, 0.25) is 5.02 Å². The molecule has 5 nitrogen and oxygen atoms in total. The Kier molecular flexibility index (Phi) is 6.96. The molecule has 1 aromatic rings. The second-order valence-electron chi connectivity index (χ2n) is 6.21. The molecule has 1 heterocycles. The van der Waals surface area contributed by atoms with E-state index in [9.17, 15) is 0 Å². The highest BCUT2D eigenvalue weighted by atomic mass is 35.5. The molecule has 6 heteroatoms. The third kappa shape index (κ3) is 4.98. The van der Waals surface area contributed by atoms with Crippen molar-refractivity contribution < 1.29 is 14.2 Å². The SMILES string of the molecule is COc1ccc(CN2CCOCC(CN(C)C)C2)c(Cl)c1OC. The maximum absolute atomic E-state index is 6.50. The average molecular weight is 343 g/mol. The lowest BCUT2D eigenvalue weighted by atomic mass is 10.1. The molecule has 1 aromatic carbocycles. The van der Waals surface area contributed by atoms with E-state index in [4.69, 9.17) is 25.8 Å². The summed E-state index contributed by atoms with van der Waals surface area (Å²) in [5.74, 6) is 1.76. The van der Waals surface area contributed by atoms with Crippen molar-refractivity contribution in [3.05, 3.63) is 22.7 Å². The van der Waals surface area contributed by atoms with Gasteiger partial charge in [-0.15, -0.1) is 0 Å². The number of hydrogen-bond acceptors (Lipinski definition) is 5. The van der Waals surface area contributed by atoms with Crippen LogP contribution in [0.5, 0.6) is 11.5 Å². The monoisotopic (exact) mass is 342 g/mol. The third-order valence-electron chi connectivity index (χ3n) is 4.00. The molecular formula is C17H27ClN2O3. The first-order chi connectivity index (χ1) is 11.0. The summed E-state index contributed by atoms with van der Waals surface area (Å²) in [5.41, 5.74) is 1.05. The van der Waals surface area contributed by atoms with Crippen LogP contribution in [0.15, 0.2) is 12.1 Å². The van der Waals surface area contributed by atoms with Gasteiger partial charge in [0.25, 0.3) is 0 Å². The fourth-order valence-corrected chi connectivity index (χ4v) is 3.31. The van der Waals surface area contributed by atoms with Crippen molar-refractivity contribution in [1.29, 1.82) is 0 Å². The van der Waals surface area contributed by atoms with Gasteiger partial charge >= 0.3 is 0 Å². The Labute approximate surface area is 144 Å². The lowest BCUT2D eigenvalue weighted by Crippen LogP contribution is -2.34.